The third-order valence-corrected chi connectivity index (χ3v) is 7.57. The number of aromatic nitrogens is 1. The van der Waals surface area contributed by atoms with Crippen LogP contribution in [0.4, 0.5) is 5.69 Å². The molecule has 2 heterocycles. The fourth-order valence-electron chi connectivity index (χ4n) is 4.72. The maximum Gasteiger partial charge on any atom is 0.237 e. The highest BCUT2D eigenvalue weighted by Gasteiger charge is 2.24. The van der Waals surface area contributed by atoms with E-state index in [1.54, 1.807) is 14.2 Å². The lowest BCUT2D eigenvalue weighted by atomic mass is 9.99. The zero-order valence-electron chi connectivity index (χ0n) is 21.3. The standard InChI is InChI=1S/C31H27N3O3S/c1-36-28-15-14-23(17-29(28)37-2)24-18-26(21-9-4-3-5-10-21)33-31(25(24)19-32)38-20-30(35)34-16-8-12-22-11-6-7-13-27(22)34/h3-7,9-11,13-15,17-18H,8,12,16,20H2,1-2H3. The number of benzene rings is 3. The van der Waals surface area contributed by atoms with Crippen molar-refractivity contribution in [1.29, 1.82) is 5.26 Å². The predicted molar refractivity (Wildman–Crippen MR) is 151 cm³/mol. The molecule has 1 aliphatic rings. The molecule has 0 N–H and O–H groups in total. The molecule has 0 fully saturated rings. The monoisotopic (exact) mass is 521 g/mol. The van der Waals surface area contributed by atoms with Gasteiger partial charge in [-0.2, -0.15) is 5.26 Å². The highest BCUT2D eigenvalue weighted by atomic mass is 32.2. The van der Waals surface area contributed by atoms with Gasteiger partial charge in [0.15, 0.2) is 11.5 Å². The molecular weight excluding hydrogens is 494 g/mol. The molecule has 6 nitrogen and oxygen atoms in total. The Bertz CT molecular complexity index is 1520. The lowest BCUT2D eigenvalue weighted by molar-refractivity contribution is -0.116. The maximum atomic E-state index is 13.4. The minimum Gasteiger partial charge on any atom is -0.493 e. The number of fused-ring (bicyclic) bond motifs is 1. The van der Waals surface area contributed by atoms with Crippen LogP contribution in [0.1, 0.15) is 17.5 Å². The first-order valence-corrected chi connectivity index (χ1v) is 13.4. The van der Waals surface area contributed by atoms with Crippen molar-refractivity contribution in [3.05, 3.63) is 90.0 Å². The lowest BCUT2D eigenvalue weighted by Gasteiger charge is -2.29. The number of thioether (sulfide) groups is 1. The molecule has 0 bridgehead atoms. The number of carbonyl (C=O) groups is 1. The van der Waals surface area contributed by atoms with Crippen LogP contribution in [-0.2, 0) is 11.2 Å². The molecule has 0 spiro atoms. The molecule has 0 saturated heterocycles. The second-order valence-electron chi connectivity index (χ2n) is 8.85. The maximum absolute atomic E-state index is 13.4. The van der Waals surface area contributed by atoms with Gasteiger partial charge < -0.3 is 14.4 Å². The number of methoxy groups -OCH3 is 2. The highest BCUT2D eigenvalue weighted by molar-refractivity contribution is 8.00. The van der Waals surface area contributed by atoms with E-state index >= 15 is 0 Å². The van der Waals surface area contributed by atoms with Crippen molar-refractivity contribution < 1.29 is 14.3 Å². The van der Waals surface area contributed by atoms with Gasteiger partial charge in [0, 0.05) is 23.4 Å². The van der Waals surface area contributed by atoms with Gasteiger partial charge in [0.2, 0.25) is 5.91 Å². The van der Waals surface area contributed by atoms with Crippen molar-refractivity contribution in [3.63, 3.8) is 0 Å². The quantitative estimate of drug-likeness (QED) is 0.263. The molecule has 4 aromatic rings. The zero-order chi connectivity index (χ0) is 26.5. The molecule has 38 heavy (non-hydrogen) atoms. The number of nitrogens with zero attached hydrogens (tertiary/aromatic N) is 3. The topological polar surface area (TPSA) is 75.5 Å². The van der Waals surface area contributed by atoms with Gasteiger partial charge in [-0.15, -0.1) is 0 Å². The van der Waals surface area contributed by atoms with Gasteiger partial charge in [-0.05, 0) is 48.2 Å². The molecule has 190 valence electrons. The second-order valence-corrected chi connectivity index (χ2v) is 9.81. The van der Waals surface area contributed by atoms with Gasteiger partial charge in [0.25, 0.3) is 0 Å². The van der Waals surface area contributed by atoms with Crippen LogP contribution in [-0.4, -0.2) is 37.4 Å². The van der Waals surface area contributed by atoms with Gasteiger partial charge in [-0.25, -0.2) is 4.98 Å². The van der Waals surface area contributed by atoms with E-state index < -0.39 is 0 Å². The number of nitriles is 1. The highest BCUT2D eigenvalue weighted by Crippen LogP contribution is 2.38. The zero-order valence-corrected chi connectivity index (χ0v) is 22.1. The normalized spacial score (nSPS) is 12.4. The number of pyridine rings is 1. The van der Waals surface area contributed by atoms with Crippen molar-refractivity contribution in [1.82, 2.24) is 4.98 Å². The Morgan fingerprint density at radius 2 is 1.74 bits per heavy atom. The van der Waals surface area contributed by atoms with Gasteiger partial charge in [-0.3, -0.25) is 4.79 Å². The average Bonchev–Trinajstić information content (AvgIpc) is 2.99. The Kier molecular flexibility index (Phi) is 7.62. The molecule has 0 aliphatic carbocycles. The largest absolute Gasteiger partial charge is 0.493 e. The van der Waals surface area contributed by atoms with Crippen LogP contribution < -0.4 is 14.4 Å². The third-order valence-electron chi connectivity index (χ3n) is 6.61. The van der Waals surface area contributed by atoms with Crippen molar-refractivity contribution >= 4 is 23.4 Å². The molecule has 0 atom stereocenters. The van der Waals surface area contributed by atoms with Crippen molar-refractivity contribution in [2.45, 2.75) is 17.9 Å². The SMILES string of the molecule is COc1ccc(-c2cc(-c3ccccc3)nc(SCC(=O)N3CCCc4ccccc43)c2C#N)cc1OC. The Labute approximate surface area is 226 Å². The molecule has 7 heteroatoms. The van der Waals surface area contributed by atoms with Gasteiger partial charge in [-0.1, -0.05) is 66.4 Å². The van der Waals surface area contributed by atoms with Crippen LogP contribution in [0.2, 0.25) is 0 Å². The number of rotatable bonds is 7. The van der Waals surface area contributed by atoms with Crippen LogP contribution in [0.5, 0.6) is 11.5 Å². The molecular formula is C31H27N3O3S. The summed E-state index contributed by atoms with van der Waals surface area (Å²) in [6.45, 7) is 0.690. The molecule has 3 aromatic carbocycles. The van der Waals surface area contributed by atoms with Gasteiger partial charge in [0.1, 0.15) is 11.1 Å². The summed E-state index contributed by atoms with van der Waals surface area (Å²) in [7, 11) is 3.17. The molecule has 1 aromatic heterocycles. The minimum absolute atomic E-state index is 0.00520. The van der Waals surface area contributed by atoms with E-state index in [9.17, 15) is 10.1 Å². The van der Waals surface area contributed by atoms with Crippen molar-refractivity contribution in [2.24, 2.45) is 0 Å². The van der Waals surface area contributed by atoms with E-state index in [1.807, 2.05) is 77.7 Å². The summed E-state index contributed by atoms with van der Waals surface area (Å²) >= 11 is 1.30. The van der Waals surface area contributed by atoms with Crippen LogP contribution in [0.25, 0.3) is 22.4 Å². The fourth-order valence-corrected chi connectivity index (χ4v) is 5.60. The van der Waals surface area contributed by atoms with Crippen LogP contribution in [0.15, 0.2) is 83.9 Å². The van der Waals surface area contributed by atoms with E-state index in [4.69, 9.17) is 14.5 Å². The lowest BCUT2D eigenvalue weighted by Crippen LogP contribution is -2.36. The Hall–Kier alpha value is -4.28. The number of aryl methyl sites for hydroxylation is 1. The smallest absolute Gasteiger partial charge is 0.237 e. The summed E-state index contributed by atoms with van der Waals surface area (Å²) < 4.78 is 10.9. The van der Waals surface area contributed by atoms with Crippen LogP contribution >= 0.6 is 11.8 Å². The Morgan fingerprint density at radius 1 is 0.974 bits per heavy atom. The summed E-state index contributed by atoms with van der Waals surface area (Å²) in [5, 5.41) is 10.8. The second kappa shape index (κ2) is 11.4. The molecule has 1 aliphatic heterocycles. The Morgan fingerprint density at radius 3 is 2.50 bits per heavy atom. The predicted octanol–water partition coefficient (Wildman–Crippen LogP) is 6.38. The number of amides is 1. The third kappa shape index (κ3) is 5.09. The van der Waals surface area contributed by atoms with Crippen molar-refractivity contribution in [3.8, 4) is 40.0 Å². The summed E-state index contributed by atoms with van der Waals surface area (Å²) in [6, 6.07) is 27.7. The first-order chi connectivity index (χ1) is 18.6. The van der Waals surface area contributed by atoms with Gasteiger partial charge >= 0.3 is 0 Å². The number of anilines is 1. The van der Waals surface area contributed by atoms with Gasteiger partial charge in [0.05, 0.1) is 31.2 Å². The summed E-state index contributed by atoms with van der Waals surface area (Å²) in [5.74, 6) is 1.36. The van der Waals surface area contributed by atoms with Crippen LogP contribution in [0.3, 0.4) is 0 Å². The number of carbonyl (C=O) groups excluding carboxylic acids is 1. The number of hydrogen-bond donors (Lipinski definition) is 0. The molecule has 1 amide bonds. The number of hydrogen-bond acceptors (Lipinski definition) is 6. The molecule has 0 unspecified atom stereocenters. The number of ether oxygens (including phenoxy) is 2. The van der Waals surface area contributed by atoms with E-state index in [1.165, 1.54) is 17.3 Å². The summed E-state index contributed by atoms with van der Waals surface area (Å²) in [4.78, 5) is 20.1. The van der Waals surface area contributed by atoms with E-state index in [-0.39, 0.29) is 11.7 Å². The van der Waals surface area contributed by atoms with E-state index in [2.05, 4.69) is 12.1 Å². The molecule has 0 radical (unpaired) electrons. The first-order valence-electron chi connectivity index (χ1n) is 12.4. The molecule has 0 saturated carbocycles. The average molecular weight is 522 g/mol. The van der Waals surface area contributed by atoms with E-state index in [0.29, 0.717) is 28.6 Å². The Balaban J connectivity index is 1.53. The minimum atomic E-state index is 0.00520. The van der Waals surface area contributed by atoms with Crippen molar-refractivity contribution in [2.75, 3.05) is 31.4 Å². The fraction of sp³-hybridized carbons (Fsp3) is 0.194. The summed E-state index contributed by atoms with van der Waals surface area (Å²) in [6.07, 6.45) is 1.91. The molecule has 5 rings (SSSR count). The number of para-hydroxylation sites is 1. The summed E-state index contributed by atoms with van der Waals surface area (Å²) in [5.41, 5.74) is 5.77. The van der Waals surface area contributed by atoms with Crippen LogP contribution in [0, 0.1) is 11.3 Å². The first kappa shape index (κ1) is 25.4. The van der Waals surface area contributed by atoms with E-state index in [0.717, 1.165) is 40.9 Å².